The minimum Gasteiger partial charge on any atom is -0.482 e. The number of amides is 2. The van der Waals surface area contributed by atoms with Gasteiger partial charge < -0.3 is 24.8 Å². The molecular weight excluding hydrogens is 540 g/mol. The van der Waals surface area contributed by atoms with Crippen molar-refractivity contribution in [1.82, 2.24) is 10.6 Å². The van der Waals surface area contributed by atoms with E-state index in [2.05, 4.69) is 62.6 Å². The Morgan fingerprint density at radius 2 is 1.66 bits per heavy atom. The maximum absolute atomic E-state index is 12.7. The highest BCUT2D eigenvalue weighted by Gasteiger charge is 2.39. The van der Waals surface area contributed by atoms with Gasteiger partial charge >= 0.3 is 12.1 Å². The van der Waals surface area contributed by atoms with Gasteiger partial charge in [0, 0.05) is 23.5 Å². The number of carbonyl (C=O) groups excluding carboxylic acids is 3. The number of methoxy groups -OCH3 is 1. The molecule has 1 aliphatic carbocycles. The highest BCUT2D eigenvalue weighted by Crippen LogP contribution is 2.52. The Morgan fingerprint density at radius 3 is 2.27 bits per heavy atom. The van der Waals surface area contributed by atoms with E-state index in [1.54, 1.807) is 20.8 Å². The molecule has 1 saturated carbocycles. The van der Waals surface area contributed by atoms with Gasteiger partial charge in [0.1, 0.15) is 11.4 Å². The van der Waals surface area contributed by atoms with E-state index in [4.69, 9.17) is 14.2 Å². The summed E-state index contributed by atoms with van der Waals surface area (Å²) in [7, 11) is 1.33. The first-order chi connectivity index (χ1) is 19.0. The summed E-state index contributed by atoms with van der Waals surface area (Å²) in [6.45, 7) is 16.8. The minimum atomic E-state index is -0.596. The smallest absolute Gasteiger partial charge is 0.407 e. The number of benzene rings is 1. The highest BCUT2D eigenvalue weighted by atomic mass is 32.1. The Labute approximate surface area is 248 Å². The summed E-state index contributed by atoms with van der Waals surface area (Å²) in [6, 6.07) is 8.57. The van der Waals surface area contributed by atoms with Gasteiger partial charge in [-0.1, -0.05) is 52.0 Å². The number of alkyl carbamates (subject to hydrolysis) is 1. The Hall–Kier alpha value is -3.07. The van der Waals surface area contributed by atoms with Crippen molar-refractivity contribution in [3.8, 4) is 16.2 Å². The van der Waals surface area contributed by atoms with Gasteiger partial charge in [0.25, 0.3) is 5.91 Å². The number of rotatable bonds is 9. The van der Waals surface area contributed by atoms with Gasteiger partial charge in [-0.25, -0.2) is 9.59 Å². The largest absolute Gasteiger partial charge is 0.482 e. The summed E-state index contributed by atoms with van der Waals surface area (Å²) < 4.78 is 16.1. The average molecular weight is 587 g/mol. The fraction of sp³-hybridized carbons (Fsp3) is 0.594. The molecule has 0 saturated heterocycles. The number of thiophene rings is 1. The number of carbonyl (C=O) groups is 3. The summed E-state index contributed by atoms with van der Waals surface area (Å²) >= 11 is 1.31. The molecule has 3 rings (SSSR count). The second-order valence-corrected chi connectivity index (χ2v) is 14.5. The first-order valence-corrected chi connectivity index (χ1v) is 15.0. The van der Waals surface area contributed by atoms with Crippen LogP contribution in [0.25, 0.3) is 10.4 Å². The molecule has 2 amide bonds. The second-order valence-electron chi connectivity index (χ2n) is 13.5. The van der Waals surface area contributed by atoms with E-state index in [1.807, 2.05) is 6.92 Å². The van der Waals surface area contributed by atoms with Crippen molar-refractivity contribution in [3.63, 3.8) is 0 Å². The summed E-state index contributed by atoms with van der Waals surface area (Å²) in [4.78, 5) is 38.1. The summed E-state index contributed by atoms with van der Waals surface area (Å²) in [5, 5.41) is 5.29. The van der Waals surface area contributed by atoms with Crippen LogP contribution in [-0.4, -0.2) is 50.4 Å². The third-order valence-electron chi connectivity index (χ3n) is 7.10. The first kappa shape index (κ1) is 32.4. The molecule has 1 fully saturated rings. The highest BCUT2D eigenvalue weighted by molar-refractivity contribution is 7.18. The number of hydrogen-bond donors (Lipinski definition) is 2. The van der Waals surface area contributed by atoms with Gasteiger partial charge in [0.05, 0.1) is 7.11 Å². The van der Waals surface area contributed by atoms with E-state index >= 15 is 0 Å². The monoisotopic (exact) mass is 586 g/mol. The maximum atomic E-state index is 12.7. The molecule has 0 atom stereocenters. The molecule has 41 heavy (non-hydrogen) atoms. The first-order valence-electron chi connectivity index (χ1n) is 14.2. The number of esters is 1. The lowest BCUT2D eigenvalue weighted by molar-refractivity contribution is -0.123. The third-order valence-corrected chi connectivity index (χ3v) is 8.40. The van der Waals surface area contributed by atoms with E-state index in [9.17, 15) is 14.4 Å². The fourth-order valence-electron chi connectivity index (χ4n) is 6.06. The lowest BCUT2D eigenvalue weighted by Crippen LogP contribution is -2.39. The van der Waals surface area contributed by atoms with Crippen molar-refractivity contribution in [2.24, 2.45) is 10.8 Å². The minimum absolute atomic E-state index is 0.209. The molecule has 1 aromatic carbocycles. The van der Waals surface area contributed by atoms with Crippen molar-refractivity contribution in [3.05, 3.63) is 40.3 Å². The topological polar surface area (TPSA) is 103 Å². The standard InChI is InChI=1S/C32H46N2O6S/c1-20-25(39-18-24(35)33-13-14-34-29(37)40-30(2,3)4)27(28(36)38-9)41-26(20)22-12-10-11-21(15-22)23-16-31(5,6)19-32(7,8)17-23/h10-12,15,23H,13-14,16-19H2,1-9H3,(H,33,35)(H,34,37). The zero-order chi connectivity index (χ0) is 30.6. The lowest BCUT2D eigenvalue weighted by Gasteiger charge is -2.45. The predicted molar refractivity (Wildman–Crippen MR) is 163 cm³/mol. The maximum Gasteiger partial charge on any atom is 0.407 e. The molecular formula is C32H46N2O6S. The van der Waals surface area contributed by atoms with Crippen LogP contribution in [-0.2, 0) is 14.3 Å². The SMILES string of the molecule is COC(=O)c1sc(-c2cccc(C3CC(C)(C)CC(C)(C)C3)c2)c(C)c1OCC(=O)NCCNC(=O)OC(C)(C)C. The van der Waals surface area contributed by atoms with Crippen LogP contribution in [0.15, 0.2) is 24.3 Å². The molecule has 2 aromatic rings. The molecule has 1 heterocycles. The van der Waals surface area contributed by atoms with E-state index < -0.39 is 17.7 Å². The summed E-state index contributed by atoms with van der Waals surface area (Å²) in [6.07, 6.45) is 2.92. The molecule has 8 nitrogen and oxygen atoms in total. The second kappa shape index (κ2) is 12.8. The van der Waals surface area contributed by atoms with Gasteiger partial charge in [0.15, 0.2) is 11.5 Å². The molecule has 0 unspecified atom stereocenters. The molecule has 226 valence electrons. The van der Waals surface area contributed by atoms with Crippen molar-refractivity contribution in [1.29, 1.82) is 0 Å². The van der Waals surface area contributed by atoms with Crippen molar-refractivity contribution >= 4 is 29.3 Å². The van der Waals surface area contributed by atoms with Crippen LogP contribution in [0.4, 0.5) is 4.79 Å². The van der Waals surface area contributed by atoms with Crippen LogP contribution in [0.5, 0.6) is 5.75 Å². The van der Waals surface area contributed by atoms with Crippen molar-refractivity contribution in [2.45, 2.75) is 86.2 Å². The zero-order valence-electron chi connectivity index (χ0n) is 26.0. The predicted octanol–water partition coefficient (Wildman–Crippen LogP) is 6.85. The Morgan fingerprint density at radius 1 is 1.02 bits per heavy atom. The Kier molecular flexibility index (Phi) is 10.2. The van der Waals surface area contributed by atoms with Gasteiger partial charge in [-0.05, 0) is 74.8 Å². The normalized spacial score (nSPS) is 16.5. The van der Waals surface area contributed by atoms with Gasteiger partial charge in [-0.2, -0.15) is 0 Å². The van der Waals surface area contributed by atoms with Crippen LogP contribution in [0.3, 0.4) is 0 Å². The van der Waals surface area contributed by atoms with Crippen LogP contribution in [0, 0.1) is 17.8 Å². The van der Waals surface area contributed by atoms with Crippen molar-refractivity contribution in [2.75, 3.05) is 26.8 Å². The number of hydrogen-bond acceptors (Lipinski definition) is 7. The molecule has 0 aliphatic heterocycles. The van der Waals surface area contributed by atoms with Crippen LogP contribution in [0.2, 0.25) is 0 Å². The van der Waals surface area contributed by atoms with Gasteiger partial charge in [-0.3, -0.25) is 4.79 Å². The van der Waals surface area contributed by atoms with Gasteiger partial charge in [-0.15, -0.1) is 11.3 Å². The Balaban J connectivity index is 1.72. The van der Waals surface area contributed by atoms with E-state index in [0.29, 0.717) is 16.5 Å². The summed E-state index contributed by atoms with van der Waals surface area (Å²) in [5.41, 5.74) is 3.05. The van der Waals surface area contributed by atoms with Crippen molar-refractivity contribution < 1.29 is 28.6 Å². The quantitative estimate of drug-likeness (QED) is 0.246. The molecule has 9 heteroatoms. The van der Waals surface area contributed by atoms with E-state index in [0.717, 1.165) is 28.8 Å². The van der Waals surface area contributed by atoms with E-state index in [1.165, 1.54) is 30.4 Å². The molecule has 0 spiro atoms. The lowest BCUT2D eigenvalue weighted by atomic mass is 9.60. The molecule has 1 aromatic heterocycles. The van der Waals surface area contributed by atoms with Gasteiger partial charge in [0.2, 0.25) is 0 Å². The van der Waals surface area contributed by atoms with Crippen LogP contribution < -0.4 is 15.4 Å². The zero-order valence-corrected chi connectivity index (χ0v) is 26.8. The van der Waals surface area contributed by atoms with E-state index in [-0.39, 0.29) is 36.4 Å². The molecule has 1 aliphatic rings. The van der Waals surface area contributed by atoms with Crippen LogP contribution >= 0.6 is 11.3 Å². The third kappa shape index (κ3) is 9.21. The molecule has 0 radical (unpaired) electrons. The number of ether oxygens (including phenoxy) is 3. The molecule has 0 bridgehead atoms. The summed E-state index contributed by atoms with van der Waals surface area (Å²) in [5.74, 6) is -0.0702. The average Bonchev–Trinajstić information content (AvgIpc) is 3.18. The Bertz CT molecular complexity index is 1240. The molecule has 2 N–H and O–H groups in total. The van der Waals surface area contributed by atoms with Crippen LogP contribution in [0.1, 0.15) is 94.4 Å². The number of nitrogens with one attached hydrogen (secondary N) is 2. The fourth-order valence-corrected chi connectivity index (χ4v) is 7.23.